The van der Waals surface area contributed by atoms with E-state index in [1.807, 2.05) is 12.1 Å². The third kappa shape index (κ3) is 4.41. The largest absolute Gasteiger partial charge is 0.465 e. The molecule has 29 heavy (non-hydrogen) atoms. The van der Waals surface area contributed by atoms with Crippen molar-refractivity contribution in [3.8, 4) is 0 Å². The Morgan fingerprint density at radius 2 is 1.93 bits per heavy atom. The Kier molecular flexibility index (Phi) is 6.20. The van der Waals surface area contributed by atoms with E-state index in [-0.39, 0.29) is 22.9 Å². The molecule has 0 spiro atoms. The van der Waals surface area contributed by atoms with E-state index < -0.39 is 10.9 Å². The number of carbonyl (C=O) groups excluding carboxylic acids is 1. The van der Waals surface area contributed by atoms with Gasteiger partial charge in [0.25, 0.3) is 0 Å². The van der Waals surface area contributed by atoms with Crippen molar-refractivity contribution in [2.24, 2.45) is 0 Å². The van der Waals surface area contributed by atoms with Crippen molar-refractivity contribution in [2.75, 3.05) is 57.7 Å². The molecule has 1 N–H and O–H groups in total. The summed E-state index contributed by atoms with van der Waals surface area (Å²) in [5.74, 6) is -0.370. The molecule has 0 aliphatic carbocycles. The molecule has 0 amide bonds. The van der Waals surface area contributed by atoms with Crippen molar-refractivity contribution >= 4 is 29.0 Å². The number of hydrazine groups is 1. The fraction of sp³-hybridized carbons (Fsp3) is 0.389. The molecule has 0 atom stereocenters. The first kappa shape index (κ1) is 20.4. The number of piperazine rings is 1. The maximum Gasteiger partial charge on any atom is 0.355 e. The number of nitro groups is 1. The fourth-order valence-electron chi connectivity index (χ4n) is 3.10. The van der Waals surface area contributed by atoms with Gasteiger partial charge in [-0.15, -0.1) is 0 Å². The number of anilines is 3. The zero-order valence-electron chi connectivity index (χ0n) is 16.5. The lowest BCUT2D eigenvalue weighted by molar-refractivity contribution is -0.383. The molecule has 1 aliphatic heterocycles. The molecule has 3 rings (SSSR count). The van der Waals surface area contributed by atoms with E-state index in [4.69, 9.17) is 4.74 Å². The Bertz CT molecular complexity index is 900. The van der Waals surface area contributed by atoms with Crippen LogP contribution in [0.3, 0.4) is 0 Å². The van der Waals surface area contributed by atoms with Crippen molar-refractivity contribution in [1.82, 2.24) is 19.9 Å². The molecule has 154 valence electrons. The van der Waals surface area contributed by atoms with Crippen LogP contribution in [0.5, 0.6) is 0 Å². The Labute approximate surface area is 168 Å². The highest BCUT2D eigenvalue weighted by Gasteiger charge is 2.29. The zero-order chi connectivity index (χ0) is 21.0. The first-order valence-corrected chi connectivity index (χ1v) is 9.03. The average molecular weight is 401 g/mol. The highest BCUT2D eigenvalue weighted by atomic mass is 16.6. The number of methoxy groups -OCH3 is 1. The highest BCUT2D eigenvalue weighted by Crippen LogP contribution is 2.36. The normalized spacial score (nSPS) is 15.0. The first-order valence-electron chi connectivity index (χ1n) is 9.03. The summed E-state index contributed by atoms with van der Waals surface area (Å²) in [6.07, 6.45) is 1.26. The molecule has 2 heterocycles. The number of benzene rings is 1. The van der Waals surface area contributed by atoms with Gasteiger partial charge in [0.15, 0.2) is 0 Å². The molecule has 0 bridgehead atoms. The van der Waals surface area contributed by atoms with Crippen LogP contribution in [0, 0.1) is 10.1 Å². The SMILES string of the molecule is COC(=O)c1ccccc1N(C)c1ncnc(NN2CCN(C)CC2)c1[N+](=O)[O-]. The van der Waals surface area contributed by atoms with Gasteiger partial charge in [-0.1, -0.05) is 12.1 Å². The second kappa shape index (κ2) is 8.80. The average Bonchev–Trinajstić information content (AvgIpc) is 2.74. The van der Waals surface area contributed by atoms with Crippen LogP contribution in [0.1, 0.15) is 10.4 Å². The van der Waals surface area contributed by atoms with Crippen molar-refractivity contribution in [3.05, 3.63) is 46.3 Å². The number of nitrogens with zero attached hydrogens (tertiary/aromatic N) is 6. The molecular weight excluding hydrogens is 378 g/mol. The highest BCUT2D eigenvalue weighted by molar-refractivity contribution is 5.97. The van der Waals surface area contributed by atoms with Crippen LogP contribution in [0.2, 0.25) is 0 Å². The third-order valence-electron chi connectivity index (χ3n) is 4.74. The van der Waals surface area contributed by atoms with Gasteiger partial charge >= 0.3 is 11.7 Å². The Morgan fingerprint density at radius 1 is 1.24 bits per heavy atom. The topological polar surface area (TPSA) is 117 Å². The van der Waals surface area contributed by atoms with E-state index in [1.54, 1.807) is 31.3 Å². The molecule has 0 unspecified atom stereocenters. The predicted octanol–water partition coefficient (Wildman–Crippen LogP) is 1.51. The summed E-state index contributed by atoms with van der Waals surface area (Å²) in [7, 11) is 4.91. The van der Waals surface area contributed by atoms with Gasteiger partial charge in [0.2, 0.25) is 11.6 Å². The number of hydrogen-bond acceptors (Lipinski definition) is 10. The summed E-state index contributed by atoms with van der Waals surface area (Å²) >= 11 is 0. The van der Waals surface area contributed by atoms with E-state index in [0.29, 0.717) is 18.8 Å². The number of ether oxygens (including phenoxy) is 1. The summed E-state index contributed by atoms with van der Waals surface area (Å²) in [5, 5.41) is 13.8. The van der Waals surface area contributed by atoms with Gasteiger partial charge in [-0.2, -0.15) is 0 Å². The second-order valence-electron chi connectivity index (χ2n) is 6.62. The quantitative estimate of drug-likeness (QED) is 0.434. The molecule has 0 saturated carbocycles. The van der Waals surface area contributed by atoms with Crippen LogP contribution in [-0.2, 0) is 4.74 Å². The number of nitrogens with one attached hydrogen (secondary N) is 1. The van der Waals surface area contributed by atoms with Crippen LogP contribution in [0.15, 0.2) is 30.6 Å². The van der Waals surface area contributed by atoms with E-state index in [0.717, 1.165) is 13.1 Å². The zero-order valence-corrected chi connectivity index (χ0v) is 16.5. The number of rotatable bonds is 6. The molecule has 11 heteroatoms. The number of carbonyl (C=O) groups is 1. The lowest BCUT2D eigenvalue weighted by Gasteiger charge is -2.32. The van der Waals surface area contributed by atoms with Gasteiger partial charge < -0.3 is 14.5 Å². The van der Waals surface area contributed by atoms with Crippen LogP contribution < -0.4 is 10.3 Å². The monoisotopic (exact) mass is 401 g/mol. The van der Waals surface area contributed by atoms with Gasteiger partial charge in [0, 0.05) is 33.2 Å². The number of esters is 1. The molecule has 11 nitrogen and oxygen atoms in total. The summed E-state index contributed by atoms with van der Waals surface area (Å²) in [4.78, 5) is 35.3. The van der Waals surface area contributed by atoms with Gasteiger partial charge in [0.1, 0.15) is 6.33 Å². The minimum absolute atomic E-state index is 0.0676. The fourth-order valence-corrected chi connectivity index (χ4v) is 3.10. The Hall–Kier alpha value is -3.31. The number of aromatic nitrogens is 2. The van der Waals surface area contributed by atoms with E-state index in [1.165, 1.54) is 18.3 Å². The smallest absolute Gasteiger partial charge is 0.355 e. The van der Waals surface area contributed by atoms with Crippen molar-refractivity contribution in [3.63, 3.8) is 0 Å². The number of likely N-dealkylation sites (N-methyl/N-ethyl adjacent to an activating group) is 1. The van der Waals surface area contributed by atoms with Crippen LogP contribution in [-0.4, -0.2) is 78.2 Å². The lowest BCUT2D eigenvalue weighted by atomic mass is 10.1. The summed E-state index contributed by atoms with van der Waals surface area (Å²) < 4.78 is 4.82. The molecule has 1 aromatic carbocycles. The van der Waals surface area contributed by atoms with Gasteiger partial charge in [0.05, 0.1) is 23.3 Å². The van der Waals surface area contributed by atoms with Crippen molar-refractivity contribution in [1.29, 1.82) is 0 Å². The molecule has 2 aromatic rings. The van der Waals surface area contributed by atoms with Crippen LogP contribution in [0.25, 0.3) is 0 Å². The van der Waals surface area contributed by atoms with Crippen LogP contribution >= 0.6 is 0 Å². The van der Waals surface area contributed by atoms with Crippen molar-refractivity contribution in [2.45, 2.75) is 0 Å². The van der Waals surface area contributed by atoms with Crippen LogP contribution in [0.4, 0.5) is 23.0 Å². The predicted molar refractivity (Wildman–Crippen MR) is 107 cm³/mol. The molecular formula is C18H23N7O4. The maximum atomic E-state index is 12.1. The second-order valence-corrected chi connectivity index (χ2v) is 6.62. The molecule has 1 saturated heterocycles. The van der Waals surface area contributed by atoms with Gasteiger partial charge in [-0.05, 0) is 19.2 Å². The standard InChI is InChI=1S/C18H23N7O4/c1-22-8-10-24(11-9-22)21-16-15(25(27)28)17(20-12-19-16)23(2)14-7-5-4-6-13(14)18(26)29-3/h4-7,12H,8-11H2,1-3H3,(H,19,20,21). The molecule has 0 radical (unpaired) electrons. The minimum Gasteiger partial charge on any atom is -0.465 e. The van der Waals surface area contributed by atoms with E-state index in [2.05, 4.69) is 20.3 Å². The Morgan fingerprint density at radius 3 is 2.59 bits per heavy atom. The lowest BCUT2D eigenvalue weighted by Crippen LogP contribution is -2.47. The minimum atomic E-state index is -0.542. The maximum absolute atomic E-state index is 12.1. The molecule has 1 fully saturated rings. The van der Waals surface area contributed by atoms with Gasteiger partial charge in [-0.3, -0.25) is 15.5 Å². The summed E-state index contributed by atoms with van der Waals surface area (Å²) in [5.41, 5.74) is 3.49. The Balaban J connectivity index is 1.98. The third-order valence-corrected chi connectivity index (χ3v) is 4.74. The van der Waals surface area contributed by atoms with E-state index in [9.17, 15) is 14.9 Å². The summed E-state index contributed by atoms with van der Waals surface area (Å²) in [6.45, 7) is 3.08. The van der Waals surface area contributed by atoms with E-state index >= 15 is 0 Å². The number of hydrogen-bond donors (Lipinski definition) is 1. The molecule has 1 aliphatic rings. The summed E-state index contributed by atoms with van der Waals surface area (Å²) in [6, 6.07) is 6.69. The number of para-hydroxylation sites is 1. The first-order chi connectivity index (χ1) is 13.9. The molecule has 1 aromatic heterocycles. The van der Waals surface area contributed by atoms with Crippen molar-refractivity contribution < 1.29 is 14.5 Å². The van der Waals surface area contributed by atoms with Gasteiger partial charge in [-0.25, -0.2) is 19.8 Å².